The highest BCUT2D eigenvalue weighted by Gasteiger charge is 2.18. The van der Waals surface area contributed by atoms with E-state index in [1.807, 2.05) is 12.3 Å². The molecule has 2 aromatic heterocycles. The van der Waals surface area contributed by atoms with Crippen LogP contribution in [0.4, 0.5) is 5.82 Å². The zero-order valence-electron chi connectivity index (χ0n) is 18.0. The SMILES string of the molecule is CCc1noc(CC)c1CNC(=NC)NCc1cccnc1N1CCN(C)CC1. The number of guanidine groups is 1. The molecule has 29 heavy (non-hydrogen) atoms. The molecular formula is C21H33N7O. The molecule has 1 aliphatic rings. The summed E-state index contributed by atoms with van der Waals surface area (Å²) in [4.78, 5) is 13.7. The van der Waals surface area contributed by atoms with Gasteiger partial charge in [-0.3, -0.25) is 4.99 Å². The molecule has 0 unspecified atom stereocenters. The van der Waals surface area contributed by atoms with Crippen LogP contribution < -0.4 is 15.5 Å². The minimum Gasteiger partial charge on any atom is -0.361 e. The Bertz CT molecular complexity index is 788. The van der Waals surface area contributed by atoms with Gasteiger partial charge in [-0.1, -0.05) is 25.1 Å². The van der Waals surface area contributed by atoms with Crippen LogP contribution in [-0.2, 0) is 25.9 Å². The number of aromatic nitrogens is 2. The molecule has 1 fully saturated rings. The summed E-state index contributed by atoms with van der Waals surface area (Å²) in [6.07, 6.45) is 3.56. The van der Waals surface area contributed by atoms with Crippen LogP contribution in [0.15, 0.2) is 27.8 Å². The Balaban J connectivity index is 1.61. The van der Waals surface area contributed by atoms with Crippen LogP contribution in [-0.4, -0.2) is 61.3 Å². The van der Waals surface area contributed by atoms with Crippen LogP contribution in [0.3, 0.4) is 0 Å². The summed E-state index contributed by atoms with van der Waals surface area (Å²) in [6, 6.07) is 4.12. The fourth-order valence-electron chi connectivity index (χ4n) is 3.58. The van der Waals surface area contributed by atoms with Crippen molar-refractivity contribution in [1.29, 1.82) is 0 Å². The first-order valence-electron chi connectivity index (χ1n) is 10.4. The van der Waals surface area contributed by atoms with E-state index in [0.717, 1.165) is 67.8 Å². The smallest absolute Gasteiger partial charge is 0.191 e. The number of rotatable bonds is 7. The molecule has 0 amide bonds. The average molecular weight is 400 g/mol. The number of pyridine rings is 1. The van der Waals surface area contributed by atoms with E-state index in [-0.39, 0.29) is 0 Å². The molecule has 1 aliphatic heterocycles. The Morgan fingerprint density at radius 2 is 1.90 bits per heavy atom. The van der Waals surface area contributed by atoms with Crippen molar-refractivity contribution in [1.82, 2.24) is 25.7 Å². The molecule has 158 valence electrons. The molecule has 1 saturated heterocycles. The summed E-state index contributed by atoms with van der Waals surface area (Å²) in [6.45, 7) is 9.61. The van der Waals surface area contributed by atoms with Gasteiger partial charge in [0.05, 0.1) is 5.69 Å². The molecule has 0 spiro atoms. The van der Waals surface area contributed by atoms with Crippen molar-refractivity contribution in [3.63, 3.8) is 0 Å². The number of anilines is 1. The highest BCUT2D eigenvalue weighted by Crippen LogP contribution is 2.19. The van der Waals surface area contributed by atoms with Gasteiger partial charge in [0.1, 0.15) is 11.6 Å². The quantitative estimate of drug-likeness (QED) is 0.543. The molecule has 8 nitrogen and oxygen atoms in total. The molecule has 0 radical (unpaired) electrons. The van der Waals surface area contributed by atoms with Crippen LogP contribution in [0.25, 0.3) is 0 Å². The Morgan fingerprint density at radius 3 is 2.59 bits per heavy atom. The van der Waals surface area contributed by atoms with Crippen LogP contribution in [0.5, 0.6) is 0 Å². The van der Waals surface area contributed by atoms with E-state index in [1.54, 1.807) is 7.05 Å². The third-order valence-corrected chi connectivity index (χ3v) is 5.38. The molecule has 3 heterocycles. The first-order valence-corrected chi connectivity index (χ1v) is 10.4. The maximum Gasteiger partial charge on any atom is 0.191 e. The van der Waals surface area contributed by atoms with Gasteiger partial charge in [0.2, 0.25) is 0 Å². The summed E-state index contributed by atoms with van der Waals surface area (Å²) in [5.74, 6) is 2.75. The first-order chi connectivity index (χ1) is 14.2. The lowest BCUT2D eigenvalue weighted by molar-refractivity contribution is 0.312. The van der Waals surface area contributed by atoms with E-state index < -0.39 is 0 Å². The predicted molar refractivity (Wildman–Crippen MR) is 116 cm³/mol. The monoisotopic (exact) mass is 399 g/mol. The highest BCUT2D eigenvalue weighted by molar-refractivity contribution is 5.79. The number of nitrogens with one attached hydrogen (secondary N) is 2. The van der Waals surface area contributed by atoms with E-state index in [9.17, 15) is 0 Å². The van der Waals surface area contributed by atoms with Gasteiger partial charge >= 0.3 is 0 Å². The highest BCUT2D eigenvalue weighted by atomic mass is 16.5. The molecule has 0 atom stereocenters. The van der Waals surface area contributed by atoms with E-state index in [1.165, 1.54) is 5.56 Å². The van der Waals surface area contributed by atoms with Crippen molar-refractivity contribution in [3.05, 3.63) is 40.9 Å². The second kappa shape index (κ2) is 10.2. The summed E-state index contributed by atoms with van der Waals surface area (Å²) in [5, 5.41) is 11.0. The number of piperazine rings is 1. The van der Waals surface area contributed by atoms with Crippen molar-refractivity contribution < 1.29 is 4.52 Å². The maximum atomic E-state index is 5.45. The van der Waals surface area contributed by atoms with Gasteiger partial charge in [0.15, 0.2) is 5.96 Å². The lowest BCUT2D eigenvalue weighted by Crippen LogP contribution is -2.45. The van der Waals surface area contributed by atoms with Gasteiger partial charge in [-0.2, -0.15) is 0 Å². The van der Waals surface area contributed by atoms with Crippen LogP contribution >= 0.6 is 0 Å². The number of hydrogen-bond donors (Lipinski definition) is 2. The van der Waals surface area contributed by atoms with Crippen LogP contribution in [0, 0.1) is 0 Å². The zero-order valence-corrected chi connectivity index (χ0v) is 18.0. The third kappa shape index (κ3) is 5.26. The van der Waals surface area contributed by atoms with E-state index >= 15 is 0 Å². The van der Waals surface area contributed by atoms with Crippen LogP contribution in [0.1, 0.15) is 36.4 Å². The molecule has 0 aliphatic carbocycles. The lowest BCUT2D eigenvalue weighted by atomic mass is 10.1. The number of hydrogen-bond acceptors (Lipinski definition) is 6. The summed E-state index contributed by atoms with van der Waals surface area (Å²) in [5.41, 5.74) is 3.32. The number of aryl methyl sites for hydroxylation is 2. The summed E-state index contributed by atoms with van der Waals surface area (Å²) < 4.78 is 5.45. The molecule has 0 saturated carbocycles. The summed E-state index contributed by atoms with van der Waals surface area (Å²) in [7, 11) is 3.95. The van der Waals surface area contributed by atoms with E-state index in [2.05, 4.69) is 62.5 Å². The largest absolute Gasteiger partial charge is 0.361 e. The van der Waals surface area contributed by atoms with Gasteiger partial charge in [-0.15, -0.1) is 0 Å². The third-order valence-electron chi connectivity index (χ3n) is 5.38. The van der Waals surface area contributed by atoms with Crippen molar-refractivity contribution in [2.75, 3.05) is 45.2 Å². The first kappa shape index (κ1) is 21.1. The molecule has 8 heteroatoms. The molecule has 2 aromatic rings. The van der Waals surface area contributed by atoms with Gasteiger partial charge in [0.25, 0.3) is 0 Å². The fourth-order valence-corrected chi connectivity index (χ4v) is 3.58. The zero-order chi connectivity index (χ0) is 20.6. The predicted octanol–water partition coefficient (Wildman–Crippen LogP) is 1.81. The van der Waals surface area contributed by atoms with Crippen molar-refractivity contribution >= 4 is 11.8 Å². The Morgan fingerprint density at radius 1 is 1.14 bits per heavy atom. The Labute approximate surface area is 173 Å². The molecule has 0 aromatic carbocycles. The topological polar surface area (TPSA) is 81.8 Å². The van der Waals surface area contributed by atoms with Crippen molar-refractivity contribution in [2.45, 2.75) is 39.8 Å². The maximum absolute atomic E-state index is 5.45. The van der Waals surface area contributed by atoms with Gasteiger partial charge in [-0.05, 0) is 19.5 Å². The average Bonchev–Trinajstić information content (AvgIpc) is 3.16. The van der Waals surface area contributed by atoms with Gasteiger partial charge < -0.3 is 25.0 Å². The van der Waals surface area contributed by atoms with E-state index in [4.69, 9.17) is 4.52 Å². The minimum absolute atomic E-state index is 0.647. The molecule has 0 bridgehead atoms. The van der Waals surface area contributed by atoms with Crippen molar-refractivity contribution in [2.24, 2.45) is 4.99 Å². The number of aliphatic imine (C=N–C) groups is 1. The van der Waals surface area contributed by atoms with E-state index in [0.29, 0.717) is 13.1 Å². The number of likely N-dealkylation sites (N-methyl/N-ethyl adjacent to an activating group) is 1. The standard InChI is InChI=1S/C21H33N7O/c1-5-18-17(19(6-2)29-26-18)15-25-21(22-3)24-14-16-8-7-9-23-20(16)28-12-10-27(4)11-13-28/h7-9H,5-6,10-15H2,1-4H3,(H2,22,24,25). The normalized spacial score (nSPS) is 15.6. The Kier molecular flexibility index (Phi) is 7.46. The second-order valence-corrected chi connectivity index (χ2v) is 7.29. The Hall–Kier alpha value is -2.61. The molecule has 2 N–H and O–H groups in total. The minimum atomic E-state index is 0.647. The van der Waals surface area contributed by atoms with Crippen molar-refractivity contribution in [3.8, 4) is 0 Å². The van der Waals surface area contributed by atoms with Gasteiger partial charge in [-0.25, -0.2) is 4.98 Å². The lowest BCUT2D eigenvalue weighted by Gasteiger charge is -2.34. The number of nitrogens with zero attached hydrogens (tertiary/aromatic N) is 5. The molecular weight excluding hydrogens is 366 g/mol. The van der Waals surface area contributed by atoms with Gasteiger partial charge in [0, 0.05) is 70.1 Å². The van der Waals surface area contributed by atoms with Crippen LogP contribution in [0.2, 0.25) is 0 Å². The molecule has 3 rings (SSSR count). The fraction of sp³-hybridized carbons (Fsp3) is 0.571. The second-order valence-electron chi connectivity index (χ2n) is 7.29. The summed E-state index contributed by atoms with van der Waals surface area (Å²) >= 11 is 0.